The van der Waals surface area contributed by atoms with Crippen molar-refractivity contribution in [3.05, 3.63) is 53.6 Å². The number of benzene rings is 2. The molecule has 3 rings (SSSR count). The maximum absolute atomic E-state index is 13.2. The highest BCUT2D eigenvalue weighted by Crippen LogP contribution is 2.39. The summed E-state index contributed by atoms with van der Waals surface area (Å²) >= 11 is 0. The number of nitrogens with zero attached hydrogens (tertiary/aromatic N) is 1. The second-order valence-electron chi connectivity index (χ2n) is 7.58. The van der Waals surface area contributed by atoms with Crippen LogP contribution in [0.4, 0.5) is 5.69 Å². The second-order valence-corrected chi connectivity index (χ2v) is 9.44. The number of ether oxygens (including phenoxy) is 1. The first kappa shape index (κ1) is 18.7. The van der Waals surface area contributed by atoms with Gasteiger partial charge in [-0.05, 0) is 35.6 Å². The summed E-state index contributed by atoms with van der Waals surface area (Å²) in [5.74, 6) is 0.557. The van der Waals surface area contributed by atoms with Gasteiger partial charge in [0.25, 0.3) is 10.0 Å². The summed E-state index contributed by atoms with van der Waals surface area (Å²) in [4.78, 5) is 0.246. The number of methoxy groups -OCH3 is 1. The molecule has 5 nitrogen and oxygen atoms in total. The standard InChI is InChI=1S/C20H25NO4S/c1-20(2,3)14-5-8-16(9-6-14)26(23,24)21-12-11-19(22)17-10-7-15(25-4)13-18(17)21/h5-10,13,19,22H,11-12H2,1-4H3. The number of aliphatic hydroxyl groups excluding tert-OH is 1. The largest absolute Gasteiger partial charge is 0.497 e. The molecule has 1 unspecified atom stereocenters. The number of rotatable bonds is 3. The van der Waals surface area contributed by atoms with E-state index in [9.17, 15) is 13.5 Å². The summed E-state index contributed by atoms with van der Waals surface area (Å²) in [6.45, 7) is 6.49. The van der Waals surface area contributed by atoms with Gasteiger partial charge in [0.05, 0.1) is 23.8 Å². The molecular formula is C20H25NO4S. The van der Waals surface area contributed by atoms with Crippen molar-refractivity contribution in [3.63, 3.8) is 0 Å². The molecule has 0 saturated heterocycles. The molecule has 6 heteroatoms. The molecule has 1 atom stereocenters. The number of aliphatic hydroxyl groups is 1. The molecule has 1 heterocycles. The van der Waals surface area contributed by atoms with Crippen LogP contribution in [0.2, 0.25) is 0 Å². The van der Waals surface area contributed by atoms with Crippen LogP contribution >= 0.6 is 0 Å². The minimum atomic E-state index is -3.72. The summed E-state index contributed by atoms with van der Waals surface area (Å²) in [6.07, 6.45) is -0.316. The van der Waals surface area contributed by atoms with E-state index < -0.39 is 16.1 Å². The van der Waals surface area contributed by atoms with Gasteiger partial charge in [0, 0.05) is 18.2 Å². The molecule has 0 saturated carbocycles. The minimum absolute atomic E-state index is 0.0442. The first-order valence-electron chi connectivity index (χ1n) is 8.64. The van der Waals surface area contributed by atoms with E-state index in [4.69, 9.17) is 4.74 Å². The molecule has 0 aromatic heterocycles. The Hall–Kier alpha value is -2.05. The van der Waals surface area contributed by atoms with E-state index in [1.807, 2.05) is 12.1 Å². The predicted octanol–water partition coefficient (Wildman–Crippen LogP) is 3.63. The van der Waals surface area contributed by atoms with E-state index in [0.717, 1.165) is 5.56 Å². The number of hydrogen-bond donors (Lipinski definition) is 1. The van der Waals surface area contributed by atoms with Crippen molar-refractivity contribution in [2.24, 2.45) is 0 Å². The van der Waals surface area contributed by atoms with Crippen LogP contribution in [0.15, 0.2) is 47.4 Å². The molecule has 0 radical (unpaired) electrons. The molecule has 0 fully saturated rings. The van der Waals surface area contributed by atoms with Gasteiger partial charge in [0.2, 0.25) is 0 Å². The summed E-state index contributed by atoms with van der Waals surface area (Å²) in [5.41, 5.74) is 2.11. The van der Waals surface area contributed by atoms with Gasteiger partial charge in [-0.3, -0.25) is 4.31 Å². The quantitative estimate of drug-likeness (QED) is 0.890. The molecule has 140 valence electrons. The van der Waals surface area contributed by atoms with Gasteiger partial charge in [0.1, 0.15) is 5.75 Å². The predicted molar refractivity (Wildman–Crippen MR) is 102 cm³/mol. The van der Waals surface area contributed by atoms with Crippen molar-refractivity contribution < 1.29 is 18.3 Å². The van der Waals surface area contributed by atoms with Crippen molar-refractivity contribution in [1.29, 1.82) is 0 Å². The SMILES string of the molecule is COc1ccc2c(c1)N(S(=O)(=O)c1ccc(C(C)(C)C)cc1)CCC2O. The average molecular weight is 375 g/mol. The minimum Gasteiger partial charge on any atom is -0.497 e. The van der Waals surface area contributed by atoms with Gasteiger partial charge in [0.15, 0.2) is 0 Å². The fourth-order valence-corrected chi connectivity index (χ4v) is 4.66. The third-order valence-electron chi connectivity index (χ3n) is 4.78. The van der Waals surface area contributed by atoms with Gasteiger partial charge >= 0.3 is 0 Å². The summed E-state index contributed by atoms with van der Waals surface area (Å²) in [5, 5.41) is 10.2. The molecule has 0 aliphatic carbocycles. The van der Waals surface area contributed by atoms with Crippen molar-refractivity contribution in [1.82, 2.24) is 0 Å². The Bertz CT molecular complexity index is 898. The molecule has 2 aromatic carbocycles. The second kappa shape index (κ2) is 6.59. The number of fused-ring (bicyclic) bond motifs is 1. The van der Waals surface area contributed by atoms with Gasteiger partial charge < -0.3 is 9.84 Å². The number of sulfonamides is 1. The third kappa shape index (κ3) is 3.31. The van der Waals surface area contributed by atoms with Crippen LogP contribution in [-0.4, -0.2) is 27.2 Å². The van der Waals surface area contributed by atoms with Gasteiger partial charge in [-0.25, -0.2) is 8.42 Å². The van der Waals surface area contributed by atoms with Crippen molar-refractivity contribution in [2.75, 3.05) is 18.0 Å². The Morgan fingerprint density at radius 2 is 1.77 bits per heavy atom. The van der Waals surface area contributed by atoms with E-state index in [0.29, 0.717) is 23.4 Å². The molecule has 1 aliphatic rings. The highest BCUT2D eigenvalue weighted by molar-refractivity contribution is 7.92. The van der Waals surface area contributed by atoms with E-state index in [1.54, 1.807) is 30.3 Å². The van der Waals surface area contributed by atoms with Crippen LogP contribution in [0, 0.1) is 0 Å². The molecule has 1 aliphatic heterocycles. The van der Waals surface area contributed by atoms with Gasteiger partial charge in [-0.1, -0.05) is 39.0 Å². The zero-order valence-corrected chi connectivity index (χ0v) is 16.4. The topological polar surface area (TPSA) is 66.8 Å². The van der Waals surface area contributed by atoms with Crippen LogP contribution < -0.4 is 9.04 Å². The van der Waals surface area contributed by atoms with E-state index in [-0.39, 0.29) is 16.9 Å². The third-order valence-corrected chi connectivity index (χ3v) is 6.61. The van der Waals surface area contributed by atoms with Crippen LogP contribution in [-0.2, 0) is 15.4 Å². The summed E-state index contributed by atoms with van der Waals surface area (Å²) in [6, 6.07) is 12.1. The Balaban J connectivity index is 2.04. The number of anilines is 1. The zero-order chi connectivity index (χ0) is 19.1. The Kier molecular flexibility index (Phi) is 4.75. The lowest BCUT2D eigenvalue weighted by Gasteiger charge is -2.33. The van der Waals surface area contributed by atoms with Crippen LogP contribution in [0.25, 0.3) is 0 Å². The zero-order valence-electron chi connectivity index (χ0n) is 15.6. The monoisotopic (exact) mass is 375 g/mol. The molecular weight excluding hydrogens is 350 g/mol. The van der Waals surface area contributed by atoms with Crippen LogP contribution in [0.3, 0.4) is 0 Å². The lowest BCUT2D eigenvalue weighted by molar-refractivity contribution is 0.166. The normalized spacial score (nSPS) is 17.7. The van der Waals surface area contributed by atoms with Gasteiger partial charge in [-0.2, -0.15) is 0 Å². The molecule has 0 bridgehead atoms. The Labute approximate surface area is 155 Å². The highest BCUT2D eigenvalue weighted by Gasteiger charge is 2.33. The summed E-state index contributed by atoms with van der Waals surface area (Å²) in [7, 11) is -2.19. The lowest BCUT2D eigenvalue weighted by Crippen LogP contribution is -2.36. The first-order valence-corrected chi connectivity index (χ1v) is 10.1. The van der Waals surface area contributed by atoms with Crippen LogP contribution in [0.5, 0.6) is 5.75 Å². The van der Waals surface area contributed by atoms with E-state index in [2.05, 4.69) is 20.8 Å². The fourth-order valence-electron chi connectivity index (χ4n) is 3.17. The summed E-state index contributed by atoms with van der Waals surface area (Å²) < 4.78 is 33.0. The smallest absolute Gasteiger partial charge is 0.264 e. The molecule has 26 heavy (non-hydrogen) atoms. The molecule has 2 aromatic rings. The van der Waals surface area contributed by atoms with Crippen LogP contribution in [0.1, 0.15) is 44.4 Å². The highest BCUT2D eigenvalue weighted by atomic mass is 32.2. The Morgan fingerprint density at radius 1 is 1.12 bits per heavy atom. The van der Waals surface area contributed by atoms with Crippen molar-refractivity contribution in [3.8, 4) is 5.75 Å². The van der Waals surface area contributed by atoms with Gasteiger partial charge in [-0.15, -0.1) is 0 Å². The maximum Gasteiger partial charge on any atom is 0.264 e. The van der Waals surface area contributed by atoms with E-state index in [1.165, 1.54) is 11.4 Å². The van der Waals surface area contributed by atoms with E-state index >= 15 is 0 Å². The molecule has 1 N–H and O–H groups in total. The molecule has 0 amide bonds. The number of hydrogen-bond acceptors (Lipinski definition) is 4. The fraction of sp³-hybridized carbons (Fsp3) is 0.400. The lowest BCUT2D eigenvalue weighted by atomic mass is 9.87. The first-order chi connectivity index (χ1) is 12.1. The average Bonchev–Trinajstić information content (AvgIpc) is 2.60. The molecule has 0 spiro atoms. The van der Waals surface area contributed by atoms with Crippen molar-refractivity contribution >= 4 is 15.7 Å². The Morgan fingerprint density at radius 3 is 2.35 bits per heavy atom. The maximum atomic E-state index is 13.2. The van der Waals surface area contributed by atoms with Crippen molar-refractivity contribution in [2.45, 2.75) is 43.6 Å².